The molecule has 6 heterocycles. The van der Waals surface area contributed by atoms with Crippen LogP contribution in [0.4, 0.5) is 5.69 Å². The summed E-state index contributed by atoms with van der Waals surface area (Å²) in [6.07, 6.45) is 11.2. The number of hydrogen-bond acceptors (Lipinski definition) is 14. The molecular weight excluding hydrogens is 906 g/mol. The predicted molar refractivity (Wildman–Crippen MR) is 276 cm³/mol. The molecule has 2 aromatic rings. The lowest BCUT2D eigenvalue weighted by Crippen LogP contribution is -2.75. The number of nitrogens with zero attached hydrogens (tertiary/aromatic N) is 4. The molecule has 10 unspecified atom stereocenters. The number of aliphatic imine (C=N–C) groups is 1. The lowest BCUT2D eigenvalue weighted by atomic mass is 9.49. The van der Waals surface area contributed by atoms with E-state index in [0.717, 1.165) is 50.6 Å². The third kappa shape index (κ3) is 9.83. The van der Waals surface area contributed by atoms with Gasteiger partial charge >= 0.3 is 0 Å². The maximum absolute atomic E-state index is 13.9. The van der Waals surface area contributed by atoms with Crippen molar-refractivity contribution >= 4 is 40.7 Å². The summed E-state index contributed by atoms with van der Waals surface area (Å²) >= 11 is 8.44. The van der Waals surface area contributed by atoms with E-state index in [1.54, 1.807) is 18.2 Å². The molecular formula is C53H78ClN11O3S. The highest BCUT2D eigenvalue weighted by Gasteiger charge is 2.64. The van der Waals surface area contributed by atoms with Crippen molar-refractivity contribution in [2.45, 2.75) is 172 Å². The van der Waals surface area contributed by atoms with Crippen LogP contribution < -0.4 is 42.2 Å². The number of carbonyl (C=O) groups excluding carboxylic acids is 1. The molecule has 376 valence electrons. The van der Waals surface area contributed by atoms with Crippen LogP contribution in [0.15, 0.2) is 47.5 Å². The van der Waals surface area contributed by atoms with Crippen LogP contribution >= 0.6 is 23.4 Å². The van der Waals surface area contributed by atoms with Gasteiger partial charge in [-0.2, -0.15) is 5.26 Å². The zero-order valence-electron chi connectivity index (χ0n) is 41.9. The highest BCUT2D eigenvalue weighted by Crippen LogP contribution is 2.56. The van der Waals surface area contributed by atoms with Gasteiger partial charge in [-0.05, 0) is 74.3 Å². The number of nitriles is 1. The number of carbonyl (C=O) groups is 1. The van der Waals surface area contributed by atoms with Gasteiger partial charge in [-0.3, -0.25) is 35.5 Å². The van der Waals surface area contributed by atoms with Gasteiger partial charge in [0.15, 0.2) is 0 Å². The van der Waals surface area contributed by atoms with E-state index >= 15 is 0 Å². The lowest BCUT2D eigenvalue weighted by molar-refractivity contribution is -0.174. The first-order valence-corrected chi connectivity index (χ1v) is 27.7. The van der Waals surface area contributed by atoms with Crippen molar-refractivity contribution in [3.05, 3.63) is 58.6 Å². The fourth-order valence-electron chi connectivity index (χ4n) is 13.9. The average molecular weight is 985 g/mol. The maximum Gasteiger partial charge on any atom is 0.225 e. The SMILES string of the molecule is CC1SC2C(C(c3ccc(NCC4CCCCN4C4NCC(C(=O)NC5C(C)(C)C(Oc6ccc(C#N)c(Cl)c6)C5(C)C)CN4)cc3)=NC(CC3NC(C4CCCCC4)CO3)C3NNC(C)N32)C1C. The van der Waals surface area contributed by atoms with E-state index in [4.69, 9.17) is 26.1 Å². The number of halogens is 1. The molecule has 0 radical (unpaired) electrons. The summed E-state index contributed by atoms with van der Waals surface area (Å²) in [5.74, 6) is 2.02. The van der Waals surface area contributed by atoms with Crippen LogP contribution in [0.2, 0.25) is 5.02 Å². The van der Waals surface area contributed by atoms with Crippen molar-refractivity contribution in [3.8, 4) is 11.8 Å². The Kier molecular flexibility index (Phi) is 14.7. The van der Waals surface area contributed by atoms with Crippen molar-refractivity contribution in [2.24, 2.45) is 39.5 Å². The first-order valence-electron chi connectivity index (χ1n) is 26.3. The van der Waals surface area contributed by atoms with Gasteiger partial charge in [0.2, 0.25) is 5.91 Å². The topological polar surface area (TPSA) is 162 Å². The molecule has 10 rings (SSSR count). The Labute approximate surface area is 420 Å². The molecule has 8 aliphatic rings. The van der Waals surface area contributed by atoms with Gasteiger partial charge in [0.1, 0.15) is 30.4 Å². The monoisotopic (exact) mass is 984 g/mol. The van der Waals surface area contributed by atoms with Crippen LogP contribution in [0.25, 0.3) is 0 Å². The van der Waals surface area contributed by atoms with Crippen molar-refractivity contribution in [1.29, 1.82) is 5.26 Å². The molecule has 0 spiro atoms. The zero-order valence-corrected chi connectivity index (χ0v) is 43.5. The normalized spacial score (nSPS) is 37.9. The number of fused-ring (bicyclic) bond motifs is 3. The first-order chi connectivity index (χ1) is 33.2. The van der Waals surface area contributed by atoms with Gasteiger partial charge < -0.3 is 20.1 Å². The number of hydrazine groups is 1. The summed E-state index contributed by atoms with van der Waals surface area (Å²) in [5, 5.41) is 29.2. The number of rotatable bonds is 12. The number of ether oxygens (including phenoxy) is 2. The Morgan fingerprint density at radius 1 is 0.986 bits per heavy atom. The molecule has 69 heavy (non-hydrogen) atoms. The molecule has 5 saturated heterocycles. The van der Waals surface area contributed by atoms with Gasteiger partial charge in [-0.1, -0.05) is 91.0 Å². The van der Waals surface area contributed by atoms with Crippen LogP contribution in [0, 0.1) is 45.8 Å². The molecule has 2 aromatic carbocycles. The Bertz CT molecular complexity index is 2200. The van der Waals surface area contributed by atoms with E-state index in [9.17, 15) is 10.1 Å². The molecule has 1 amide bonds. The minimum absolute atomic E-state index is 0.00515. The highest BCUT2D eigenvalue weighted by atomic mass is 35.5. The number of anilines is 1. The van der Waals surface area contributed by atoms with E-state index < -0.39 is 0 Å². The summed E-state index contributed by atoms with van der Waals surface area (Å²) in [6.45, 7) is 19.6. The second-order valence-electron chi connectivity index (χ2n) is 22.9. The summed E-state index contributed by atoms with van der Waals surface area (Å²) < 4.78 is 13.0. The largest absolute Gasteiger partial charge is 0.489 e. The van der Waals surface area contributed by atoms with Crippen LogP contribution in [-0.2, 0) is 9.53 Å². The number of piperidine rings is 1. The van der Waals surface area contributed by atoms with Crippen LogP contribution in [0.1, 0.15) is 117 Å². The van der Waals surface area contributed by atoms with Crippen molar-refractivity contribution in [3.63, 3.8) is 0 Å². The van der Waals surface area contributed by atoms with Crippen LogP contribution in [-0.4, -0.2) is 120 Å². The highest BCUT2D eigenvalue weighted by molar-refractivity contribution is 8.00. The summed E-state index contributed by atoms with van der Waals surface area (Å²) in [5.41, 5.74) is 10.7. The van der Waals surface area contributed by atoms with Gasteiger partial charge in [0.25, 0.3) is 0 Å². The molecule has 2 aliphatic carbocycles. The lowest BCUT2D eigenvalue weighted by Gasteiger charge is -2.63. The van der Waals surface area contributed by atoms with E-state index in [0.29, 0.717) is 64.0 Å². The van der Waals surface area contributed by atoms with Crippen molar-refractivity contribution in [1.82, 2.24) is 41.9 Å². The number of nitrogens with one attached hydrogen (secondary N) is 7. The molecule has 16 heteroatoms. The quantitative estimate of drug-likeness (QED) is 0.119. The Morgan fingerprint density at radius 3 is 2.45 bits per heavy atom. The van der Waals surface area contributed by atoms with Crippen molar-refractivity contribution < 1.29 is 14.3 Å². The molecule has 0 aromatic heterocycles. The van der Waals surface area contributed by atoms with Gasteiger partial charge in [-0.25, -0.2) is 10.9 Å². The Hall–Kier alpha value is -3.01. The minimum atomic E-state index is -0.319. The molecule has 7 fully saturated rings. The van der Waals surface area contributed by atoms with E-state index in [2.05, 4.69) is 138 Å². The summed E-state index contributed by atoms with van der Waals surface area (Å²) in [7, 11) is 0. The standard InChI is InChI=1S/C53H78ClN11O3S/c1-30-31(2)69-48-44(30)45(60-41(46-63-62-32(3)65(46)48)24-43-59-42(29-67-43)33-13-9-8-10-14-33)34-16-19-37(20-17-34)56-28-38-15-11-12-22-64(38)51-57-26-36(27-58-51)47(66)61-49-52(4,5)50(53(49,6)7)68-39-21-18-35(25-55)40(54)23-39/h16-21,23,30-33,36,38,41-44,46,48-51,56-59,62-63H,8-15,22,24,26-29H2,1-7H3,(H,61,66). The Morgan fingerprint density at radius 2 is 1.72 bits per heavy atom. The number of likely N-dealkylation sites (tertiary alicyclic amines) is 1. The van der Waals surface area contributed by atoms with E-state index in [1.165, 1.54) is 49.8 Å². The Balaban J connectivity index is 0.758. The van der Waals surface area contributed by atoms with Crippen molar-refractivity contribution in [2.75, 3.05) is 38.1 Å². The average Bonchev–Trinajstić information content (AvgIpc) is 4.04. The van der Waals surface area contributed by atoms with E-state index in [1.807, 2.05) is 0 Å². The second-order valence-corrected chi connectivity index (χ2v) is 24.8. The maximum atomic E-state index is 13.9. The minimum Gasteiger partial charge on any atom is -0.489 e. The fourth-order valence-corrected chi connectivity index (χ4v) is 16.0. The third-order valence-corrected chi connectivity index (χ3v) is 19.6. The molecule has 0 bridgehead atoms. The smallest absolute Gasteiger partial charge is 0.225 e. The van der Waals surface area contributed by atoms with Gasteiger partial charge in [-0.15, -0.1) is 11.8 Å². The second kappa shape index (κ2) is 20.5. The fraction of sp³-hybridized carbons (Fsp3) is 0.717. The third-order valence-electron chi connectivity index (χ3n) is 17.7. The van der Waals surface area contributed by atoms with Gasteiger partial charge in [0, 0.05) is 90.2 Å². The summed E-state index contributed by atoms with van der Waals surface area (Å²) in [6, 6.07) is 17.2. The summed E-state index contributed by atoms with van der Waals surface area (Å²) in [4.78, 5) is 24.9. The van der Waals surface area contributed by atoms with Crippen LogP contribution in [0.5, 0.6) is 5.75 Å². The molecule has 6 aliphatic heterocycles. The van der Waals surface area contributed by atoms with Crippen LogP contribution in [0.3, 0.4) is 0 Å². The molecule has 10 atom stereocenters. The number of hydrogen-bond donors (Lipinski definition) is 7. The molecule has 2 saturated carbocycles. The predicted octanol–water partition coefficient (Wildman–Crippen LogP) is 6.82. The number of benzene rings is 2. The molecule has 7 N–H and O–H groups in total. The molecule has 14 nitrogen and oxygen atoms in total. The first kappa shape index (κ1) is 49.6. The zero-order chi connectivity index (χ0) is 48.2. The van der Waals surface area contributed by atoms with E-state index in [-0.39, 0.29) is 65.7 Å². The number of thioether (sulfide) groups is 1. The number of amides is 1. The van der Waals surface area contributed by atoms with Gasteiger partial charge in [0.05, 0.1) is 46.9 Å².